The number of hydrogen-bond acceptors (Lipinski definition) is 4. The summed E-state index contributed by atoms with van der Waals surface area (Å²) in [5.41, 5.74) is -1.47. The fourth-order valence-electron chi connectivity index (χ4n) is 1.32. The van der Waals surface area contributed by atoms with Gasteiger partial charge in [0.15, 0.2) is 5.71 Å². The molecular formula is C13H13ClF3NO3. The van der Waals surface area contributed by atoms with Crippen LogP contribution in [0.15, 0.2) is 29.4 Å². The number of benzene rings is 1. The van der Waals surface area contributed by atoms with Crippen molar-refractivity contribution in [2.75, 3.05) is 6.61 Å². The summed E-state index contributed by atoms with van der Waals surface area (Å²) < 4.78 is 43.3. The van der Waals surface area contributed by atoms with Gasteiger partial charge in [0.2, 0.25) is 6.61 Å². The minimum absolute atomic E-state index is 0.218. The number of esters is 1. The Morgan fingerprint density at radius 1 is 1.29 bits per heavy atom. The molecule has 0 spiro atoms. The Labute approximate surface area is 124 Å². The van der Waals surface area contributed by atoms with E-state index in [2.05, 4.69) is 9.99 Å². The van der Waals surface area contributed by atoms with Crippen molar-refractivity contribution in [3.63, 3.8) is 0 Å². The lowest BCUT2D eigenvalue weighted by Gasteiger charge is -2.11. The molecule has 0 saturated heterocycles. The molecule has 0 heterocycles. The quantitative estimate of drug-likeness (QED) is 0.473. The third kappa shape index (κ3) is 6.03. The monoisotopic (exact) mass is 323 g/mol. The summed E-state index contributed by atoms with van der Waals surface area (Å²) in [5.74, 6) is -0.800. The molecule has 4 nitrogen and oxygen atoms in total. The molecule has 0 radical (unpaired) electrons. The summed E-state index contributed by atoms with van der Waals surface area (Å²) in [6.45, 7) is 2.51. The second-order valence-electron chi connectivity index (χ2n) is 4.26. The molecule has 1 rings (SSSR count). The summed E-state index contributed by atoms with van der Waals surface area (Å²) in [5, 5.41) is 3.28. The third-order valence-electron chi connectivity index (χ3n) is 2.09. The molecule has 0 bridgehead atoms. The highest BCUT2D eigenvalue weighted by Crippen LogP contribution is 2.23. The summed E-state index contributed by atoms with van der Waals surface area (Å²) in [6, 6.07) is 4.91. The van der Waals surface area contributed by atoms with Gasteiger partial charge in [-0.15, -0.1) is 0 Å². The Morgan fingerprint density at radius 3 is 2.33 bits per heavy atom. The number of carbonyl (C=O) groups is 1. The molecule has 0 saturated carbocycles. The van der Waals surface area contributed by atoms with Crippen LogP contribution in [0, 0.1) is 0 Å². The first-order valence-corrected chi connectivity index (χ1v) is 6.30. The normalized spacial score (nSPS) is 12.4. The molecule has 0 unspecified atom stereocenters. The summed E-state index contributed by atoms with van der Waals surface area (Å²) in [7, 11) is 0. The fourth-order valence-corrected chi connectivity index (χ4v) is 1.45. The smallest absolute Gasteiger partial charge is 0.437 e. The molecular weight excluding hydrogens is 311 g/mol. The number of oxime groups is 1. The van der Waals surface area contributed by atoms with E-state index < -0.39 is 24.5 Å². The molecule has 0 aliphatic heterocycles. The molecule has 0 fully saturated rings. The first-order chi connectivity index (χ1) is 9.70. The average molecular weight is 324 g/mol. The van der Waals surface area contributed by atoms with Crippen molar-refractivity contribution < 1.29 is 27.5 Å². The van der Waals surface area contributed by atoms with E-state index in [1.165, 1.54) is 12.1 Å². The van der Waals surface area contributed by atoms with E-state index >= 15 is 0 Å². The van der Waals surface area contributed by atoms with Gasteiger partial charge < -0.3 is 9.57 Å². The molecule has 0 N–H and O–H groups in total. The average Bonchev–Trinajstić information content (AvgIpc) is 2.34. The third-order valence-corrected chi connectivity index (χ3v) is 2.34. The molecule has 0 atom stereocenters. The van der Waals surface area contributed by atoms with Gasteiger partial charge in [0.1, 0.15) is 0 Å². The maximum Gasteiger partial charge on any atom is 0.437 e. The van der Waals surface area contributed by atoms with Crippen LogP contribution in [0.4, 0.5) is 13.2 Å². The van der Waals surface area contributed by atoms with Crippen LogP contribution >= 0.6 is 11.6 Å². The first kappa shape index (κ1) is 17.3. The van der Waals surface area contributed by atoms with Crippen molar-refractivity contribution in [3.8, 4) is 0 Å². The van der Waals surface area contributed by atoms with Gasteiger partial charge in [0.25, 0.3) is 0 Å². The maximum atomic E-state index is 12.9. The molecule has 21 heavy (non-hydrogen) atoms. The number of ether oxygens (including phenoxy) is 1. The van der Waals surface area contributed by atoms with E-state index in [4.69, 9.17) is 16.3 Å². The lowest BCUT2D eigenvalue weighted by molar-refractivity contribution is -0.153. The molecule has 0 aliphatic carbocycles. The Balaban J connectivity index is 2.82. The van der Waals surface area contributed by atoms with E-state index in [-0.39, 0.29) is 11.7 Å². The second kappa shape index (κ2) is 7.31. The zero-order valence-corrected chi connectivity index (χ0v) is 12.0. The summed E-state index contributed by atoms with van der Waals surface area (Å²) in [6.07, 6.45) is -5.11. The molecule has 116 valence electrons. The van der Waals surface area contributed by atoms with Gasteiger partial charge in [-0.1, -0.05) is 28.9 Å². The lowest BCUT2D eigenvalue weighted by atomic mass is 10.1. The minimum Gasteiger partial charge on any atom is -0.460 e. The van der Waals surface area contributed by atoms with Crippen LogP contribution in [-0.2, 0) is 14.4 Å². The van der Waals surface area contributed by atoms with E-state index in [1.807, 2.05) is 0 Å². The Bertz CT molecular complexity index is 512. The van der Waals surface area contributed by atoms with Gasteiger partial charge in [-0.2, -0.15) is 13.2 Å². The second-order valence-corrected chi connectivity index (χ2v) is 4.69. The SMILES string of the molecule is CC(C)OC(=O)CON=C(c1ccc(Cl)cc1)C(F)(F)F. The van der Waals surface area contributed by atoms with Crippen molar-refractivity contribution in [1.29, 1.82) is 0 Å². The zero-order valence-electron chi connectivity index (χ0n) is 11.3. The predicted octanol–water partition coefficient (Wildman–Crippen LogP) is 3.57. The van der Waals surface area contributed by atoms with Crippen molar-refractivity contribution in [2.45, 2.75) is 26.1 Å². The molecule has 1 aromatic carbocycles. The maximum absolute atomic E-state index is 12.9. The standard InChI is InChI=1S/C13H13ClF3NO3/c1-8(2)21-11(19)7-20-18-12(13(15,16)17)9-3-5-10(14)6-4-9/h3-6,8H,7H2,1-2H3. The van der Waals surface area contributed by atoms with E-state index in [0.29, 0.717) is 5.02 Å². The Morgan fingerprint density at radius 2 is 1.86 bits per heavy atom. The highest BCUT2D eigenvalue weighted by Gasteiger charge is 2.37. The topological polar surface area (TPSA) is 47.9 Å². The van der Waals surface area contributed by atoms with Gasteiger partial charge >= 0.3 is 12.1 Å². The predicted molar refractivity (Wildman–Crippen MR) is 71.2 cm³/mol. The van der Waals surface area contributed by atoms with Crippen LogP contribution in [0.1, 0.15) is 19.4 Å². The van der Waals surface area contributed by atoms with E-state index in [0.717, 1.165) is 12.1 Å². The van der Waals surface area contributed by atoms with Crippen LogP contribution in [0.5, 0.6) is 0 Å². The number of hydrogen-bond donors (Lipinski definition) is 0. The molecule has 0 aromatic heterocycles. The Hall–Kier alpha value is -1.76. The Kier molecular flexibility index (Phi) is 6.02. The van der Waals surface area contributed by atoms with Gasteiger partial charge in [-0.05, 0) is 26.0 Å². The van der Waals surface area contributed by atoms with Gasteiger partial charge in [0.05, 0.1) is 6.10 Å². The molecule has 8 heteroatoms. The zero-order chi connectivity index (χ0) is 16.0. The molecule has 0 amide bonds. The highest BCUT2D eigenvalue weighted by molar-refractivity contribution is 6.30. The largest absolute Gasteiger partial charge is 0.460 e. The molecule has 0 aliphatic rings. The van der Waals surface area contributed by atoms with Crippen LogP contribution in [0.25, 0.3) is 0 Å². The first-order valence-electron chi connectivity index (χ1n) is 5.92. The van der Waals surface area contributed by atoms with Crippen LogP contribution in [0.3, 0.4) is 0 Å². The van der Waals surface area contributed by atoms with Crippen LogP contribution in [-0.4, -0.2) is 30.6 Å². The number of alkyl halides is 3. The minimum atomic E-state index is -4.73. The summed E-state index contributed by atoms with van der Waals surface area (Å²) in [4.78, 5) is 15.6. The van der Waals surface area contributed by atoms with Crippen molar-refractivity contribution in [2.24, 2.45) is 5.16 Å². The van der Waals surface area contributed by atoms with Crippen molar-refractivity contribution >= 4 is 23.3 Å². The number of rotatable bonds is 5. The van der Waals surface area contributed by atoms with Gasteiger partial charge in [0, 0.05) is 10.6 Å². The lowest BCUT2D eigenvalue weighted by Crippen LogP contribution is -2.25. The summed E-state index contributed by atoms with van der Waals surface area (Å²) >= 11 is 5.61. The van der Waals surface area contributed by atoms with Crippen LogP contribution in [0.2, 0.25) is 5.02 Å². The number of carbonyl (C=O) groups excluding carboxylic acids is 1. The number of nitrogens with zero attached hydrogens (tertiary/aromatic N) is 1. The van der Waals surface area contributed by atoms with Crippen molar-refractivity contribution in [3.05, 3.63) is 34.9 Å². The van der Waals surface area contributed by atoms with Gasteiger partial charge in [-0.3, -0.25) is 0 Å². The fraction of sp³-hybridized carbons (Fsp3) is 0.385. The van der Waals surface area contributed by atoms with E-state index in [9.17, 15) is 18.0 Å². The van der Waals surface area contributed by atoms with Gasteiger partial charge in [-0.25, -0.2) is 4.79 Å². The van der Waals surface area contributed by atoms with E-state index in [1.54, 1.807) is 13.8 Å². The van der Waals surface area contributed by atoms with Crippen LogP contribution < -0.4 is 0 Å². The number of halogens is 4. The highest BCUT2D eigenvalue weighted by atomic mass is 35.5. The van der Waals surface area contributed by atoms with Crippen molar-refractivity contribution in [1.82, 2.24) is 0 Å². The molecule has 1 aromatic rings.